The molecule has 0 spiro atoms. The van der Waals surface area contributed by atoms with Gasteiger partial charge in [0.2, 0.25) is 12.5 Å². The zero-order valence-electron chi connectivity index (χ0n) is 8.80. The van der Waals surface area contributed by atoms with Crippen molar-refractivity contribution >= 4 is 5.69 Å². The van der Waals surface area contributed by atoms with E-state index in [9.17, 15) is 10.1 Å². The molecule has 17 heavy (non-hydrogen) atoms. The van der Waals surface area contributed by atoms with E-state index < -0.39 is 10.3 Å². The monoisotopic (exact) mass is 232 g/mol. The first-order valence-corrected chi connectivity index (χ1v) is 5.16. The van der Waals surface area contributed by atoms with Crippen LogP contribution in [0.4, 0.5) is 5.69 Å². The molecule has 0 atom stereocenters. The third-order valence-corrected chi connectivity index (χ3v) is 3.17. The Balaban J connectivity index is 2.17. The van der Waals surface area contributed by atoms with Crippen molar-refractivity contribution in [1.82, 2.24) is 0 Å². The van der Waals surface area contributed by atoms with Crippen LogP contribution in [0.15, 0.2) is 12.1 Å². The molecule has 0 N–H and O–H groups in total. The van der Waals surface area contributed by atoms with Crippen LogP contribution >= 0.6 is 0 Å². The second kappa shape index (κ2) is 3.10. The number of fused-ring (bicyclic) bond motifs is 1. The summed E-state index contributed by atoms with van der Waals surface area (Å²) in [6.45, 7) is -0.0147. The predicted molar refractivity (Wildman–Crippen MR) is 55.7 cm³/mol. The third kappa shape index (κ3) is 1.32. The molecule has 0 amide bonds. The average Bonchev–Trinajstić information content (AvgIpc) is 2.98. The summed E-state index contributed by atoms with van der Waals surface area (Å²) in [6.07, 6.45) is 1.47. The molecule has 0 radical (unpaired) electrons. The summed E-state index contributed by atoms with van der Waals surface area (Å²) in [6, 6.07) is 5.30. The van der Waals surface area contributed by atoms with Gasteiger partial charge in [-0.15, -0.1) is 0 Å². The largest absolute Gasteiger partial charge is 0.453 e. The van der Waals surface area contributed by atoms with E-state index in [0.29, 0.717) is 11.3 Å². The minimum Gasteiger partial charge on any atom is -0.453 e. The number of hydrogen-bond acceptors (Lipinski definition) is 5. The Labute approximate surface area is 96.5 Å². The van der Waals surface area contributed by atoms with Crippen LogP contribution in [0.2, 0.25) is 0 Å². The number of nitro benzene ring substituents is 1. The Morgan fingerprint density at radius 3 is 2.76 bits per heavy atom. The van der Waals surface area contributed by atoms with Crippen molar-refractivity contribution in [3.05, 3.63) is 27.8 Å². The highest BCUT2D eigenvalue weighted by Crippen LogP contribution is 2.52. The Bertz CT molecular complexity index is 557. The van der Waals surface area contributed by atoms with E-state index >= 15 is 0 Å². The van der Waals surface area contributed by atoms with Crippen LogP contribution in [-0.4, -0.2) is 11.7 Å². The topological polar surface area (TPSA) is 85.4 Å². The fourth-order valence-corrected chi connectivity index (χ4v) is 1.99. The summed E-state index contributed by atoms with van der Waals surface area (Å²) in [5, 5.41) is 20.0. The molecule has 1 aliphatic carbocycles. The molecular weight excluding hydrogens is 224 g/mol. The fourth-order valence-electron chi connectivity index (χ4n) is 1.99. The first-order valence-electron chi connectivity index (χ1n) is 5.16. The lowest BCUT2D eigenvalue weighted by molar-refractivity contribution is -0.385. The lowest BCUT2D eigenvalue weighted by Gasteiger charge is -2.07. The Hall–Kier alpha value is -2.29. The number of nitriles is 1. The number of nitro groups is 1. The molecule has 1 heterocycles. The van der Waals surface area contributed by atoms with Crippen molar-refractivity contribution in [2.75, 3.05) is 6.79 Å². The molecule has 6 heteroatoms. The lowest BCUT2D eigenvalue weighted by Crippen LogP contribution is -2.03. The van der Waals surface area contributed by atoms with Gasteiger partial charge in [-0.3, -0.25) is 10.1 Å². The van der Waals surface area contributed by atoms with Crippen LogP contribution in [0.3, 0.4) is 0 Å². The Morgan fingerprint density at radius 2 is 2.18 bits per heavy atom. The van der Waals surface area contributed by atoms with E-state index in [1.165, 1.54) is 6.07 Å². The summed E-state index contributed by atoms with van der Waals surface area (Å²) < 4.78 is 10.2. The smallest absolute Gasteiger partial charge is 0.315 e. The number of hydrogen-bond donors (Lipinski definition) is 0. The zero-order chi connectivity index (χ0) is 12.0. The molecule has 1 aromatic rings. The van der Waals surface area contributed by atoms with Crippen LogP contribution < -0.4 is 9.47 Å². The molecular formula is C11H8N2O4. The normalized spacial score (nSPS) is 18.5. The standard InChI is InChI=1S/C11H8N2O4/c12-5-11(1-2-11)7-3-8(13(14)15)10-9(4-7)16-6-17-10/h3-4H,1-2,6H2. The molecule has 1 aliphatic heterocycles. The molecule has 0 bridgehead atoms. The van der Waals surface area contributed by atoms with Gasteiger partial charge in [-0.2, -0.15) is 5.26 Å². The quantitative estimate of drug-likeness (QED) is 0.574. The zero-order valence-corrected chi connectivity index (χ0v) is 8.80. The number of benzene rings is 1. The van der Waals surface area contributed by atoms with Crippen LogP contribution in [0.5, 0.6) is 11.5 Å². The van der Waals surface area contributed by atoms with E-state index in [1.807, 2.05) is 0 Å². The van der Waals surface area contributed by atoms with Crippen molar-refractivity contribution in [1.29, 1.82) is 5.26 Å². The minimum atomic E-state index is -0.564. The highest BCUT2D eigenvalue weighted by molar-refractivity contribution is 5.62. The molecule has 1 saturated carbocycles. The van der Waals surface area contributed by atoms with Crippen LogP contribution in [0.25, 0.3) is 0 Å². The summed E-state index contributed by atoms with van der Waals surface area (Å²) in [4.78, 5) is 10.4. The van der Waals surface area contributed by atoms with Gasteiger partial charge in [0.25, 0.3) is 0 Å². The third-order valence-electron chi connectivity index (χ3n) is 3.17. The van der Waals surface area contributed by atoms with E-state index in [2.05, 4.69) is 6.07 Å². The minimum absolute atomic E-state index is 0.0147. The molecule has 86 valence electrons. The van der Waals surface area contributed by atoms with Gasteiger partial charge in [0.1, 0.15) is 0 Å². The highest BCUT2D eigenvalue weighted by atomic mass is 16.7. The molecule has 3 rings (SSSR count). The van der Waals surface area contributed by atoms with Gasteiger partial charge >= 0.3 is 5.69 Å². The Kier molecular flexibility index (Phi) is 1.81. The first kappa shape index (κ1) is 9.90. The Morgan fingerprint density at radius 1 is 1.41 bits per heavy atom. The summed E-state index contributed by atoms with van der Waals surface area (Å²) in [5.74, 6) is 0.517. The highest BCUT2D eigenvalue weighted by Gasteiger charge is 2.47. The molecule has 1 fully saturated rings. The SMILES string of the molecule is N#CC1(c2cc3c(c([N+](=O)[O-])c2)OCO3)CC1. The van der Waals surface area contributed by atoms with Crippen molar-refractivity contribution in [3.63, 3.8) is 0 Å². The summed E-state index contributed by atoms with van der Waals surface area (Å²) in [5.41, 5.74) is -0.0429. The average molecular weight is 232 g/mol. The maximum absolute atomic E-state index is 10.9. The van der Waals surface area contributed by atoms with Gasteiger partial charge in [0, 0.05) is 6.07 Å². The molecule has 2 aliphatic rings. The van der Waals surface area contributed by atoms with Gasteiger partial charge in [-0.1, -0.05) is 0 Å². The van der Waals surface area contributed by atoms with Gasteiger partial charge in [0.05, 0.1) is 16.4 Å². The fraction of sp³-hybridized carbons (Fsp3) is 0.364. The van der Waals surface area contributed by atoms with Crippen LogP contribution in [0, 0.1) is 21.4 Å². The maximum atomic E-state index is 10.9. The van der Waals surface area contributed by atoms with Gasteiger partial charge in [-0.05, 0) is 24.5 Å². The molecule has 0 saturated heterocycles. The van der Waals surface area contributed by atoms with E-state index in [4.69, 9.17) is 14.7 Å². The van der Waals surface area contributed by atoms with Crippen molar-refractivity contribution < 1.29 is 14.4 Å². The molecule has 0 aromatic heterocycles. The van der Waals surface area contributed by atoms with Crippen LogP contribution in [-0.2, 0) is 5.41 Å². The number of ether oxygens (including phenoxy) is 2. The van der Waals surface area contributed by atoms with Crippen molar-refractivity contribution in [3.8, 4) is 17.6 Å². The first-order chi connectivity index (χ1) is 8.16. The van der Waals surface area contributed by atoms with E-state index in [1.54, 1.807) is 6.07 Å². The van der Waals surface area contributed by atoms with Gasteiger partial charge in [-0.25, -0.2) is 0 Å². The molecule has 6 nitrogen and oxygen atoms in total. The molecule has 1 aromatic carbocycles. The van der Waals surface area contributed by atoms with Gasteiger partial charge < -0.3 is 9.47 Å². The summed E-state index contributed by atoms with van der Waals surface area (Å²) >= 11 is 0. The summed E-state index contributed by atoms with van der Waals surface area (Å²) in [7, 11) is 0. The predicted octanol–water partition coefficient (Wildman–Crippen LogP) is 1.88. The number of rotatable bonds is 2. The lowest BCUT2D eigenvalue weighted by atomic mass is 9.96. The van der Waals surface area contributed by atoms with Crippen molar-refractivity contribution in [2.45, 2.75) is 18.3 Å². The molecule has 0 unspecified atom stereocenters. The van der Waals surface area contributed by atoms with Crippen molar-refractivity contribution in [2.24, 2.45) is 0 Å². The van der Waals surface area contributed by atoms with E-state index in [-0.39, 0.29) is 18.2 Å². The second-order valence-corrected chi connectivity index (χ2v) is 4.18. The van der Waals surface area contributed by atoms with Crippen LogP contribution in [0.1, 0.15) is 18.4 Å². The van der Waals surface area contributed by atoms with Gasteiger partial charge in [0.15, 0.2) is 5.75 Å². The van der Waals surface area contributed by atoms with E-state index in [0.717, 1.165) is 12.8 Å². The maximum Gasteiger partial charge on any atom is 0.315 e. The number of nitrogens with zero attached hydrogens (tertiary/aromatic N) is 2. The second-order valence-electron chi connectivity index (χ2n) is 4.18.